The minimum Gasteiger partial charge on any atom is -0.240 e. The van der Waals surface area contributed by atoms with Crippen LogP contribution in [0.3, 0.4) is 0 Å². The predicted octanol–water partition coefficient (Wildman–Crippen LogP) is 2.80. The van der Waals surface area contributed by atoms with Crippen LogP contribution in [0.1, 0.15) is 11.7 Å². The first kappa shape index (κ1) is 10.1. The van der Waals surface area contributed by atoms with Crippen molar-refractivity contribution in [1.82, 2.24) is 0 Å². The molecule has 0 saturated heterocycles. The number of alkyl halides is 1. The molecule has 0 spiro atoms. The number of benzene rings is 1. The van der Waals surface area contributed by atoms with Gasteiger partial charge >= 0.3 is 0 Å². The molecule has 0 fully saturated rings. The summed E-state index contributed by atoms with van der Waals surface area (Å²) < 4.78 is 14.0. The first-order chi connectivity index (χ1) is 6.24. The molecule has 1 rings (SSSR count). The second-order valence-corrected chi connectivity index (χ2v) is 3.37. The van der Waals surface area contributed by atoms with Crippen LogP contribution in [-0.4, -0.2) is 12.6 Å². The number of hydrogen-bond acceptors (Lipinski definition) is 2. The third kappa shape index (κ3) is 3.09. The summed E-state index contributed by atoms with van der Waals surface area (Å²) in [5.74, 6) is 0. The summed E-state index contributed by atoms with van der Waals surface area (Å²) >= 11 is 3.22. The first-order valence-electron chi connectivity index (χ1n) is 3.67. The number of hydrogen-bond donors (Lipinski definition) is 0. The van der Waals surface area contributed by atoms with Crippen LogP contribution in [0.15, 0.2) is 33.7 Å². The summed E-state index contributed by atoms with van der Waals surface area (Å²) in [5, 5.41) is 0. The van der Waals surface area contributed by atoms with Crippen LogP contribution in [-0.2, 0) is 4.79 Å². The fourth-order valence-electron chi connectivity index (χ4n) is 0.924. The highest BCUT2D eigenvalue weighted by Crippen LogP contribution is 2.21. The maximum Gasteiger partial charge on any atom is 0.235 e. The molecule has 1 unspecified atom stereocenters. The zero-order valence-electron chi connectivity index (χ0n) is 6.71. The lowest BCUT2D eigenvalue weighted by Gasteiger charge is -2.04. The van der Waals surface area contributed by atoms with E-state index in [0.717, 1.165) is 4.47 Å². The van der Waals surface area contributed by atoms with Gasteiger partial charge in [-0.2, -0.15) is 0 Å². The Labute approximate surface area is 83.6 Å². The Morgan fingerprint density at radius 3 is 3.00 bits per heavy atom. The molecule has 68 valence electrons. The minimum absolute atomic E-state index is 0.167. The quantitative estimate of drug-likeness (QED) is 0.593. The summed E-state index contributed by atoms with van der Waals surface area (Å²) in [4.78, 5) is 12.9. The fraction of sp³-hybridized carbons (Fsp3) is 0.222. The largest absolute Gasteiger partial charge is 0.240 e. The topological polar surface area (TPSA) is 29.4 Å². The molecule has 1 atom stereocenters. The van der Waals surface area contributed by atoms with Crippen molar-refractivity contribution in [3.8, 4) is 0 Å². The molecule has 4 heteroatoms. The van der Waals surface area contributed by atoms with E-state index < -0.39 is 6.17 Å². The Bertz CT molecular complexity index is 336. The van der Waals surface area contributed by atoms with Crippen molar-refractivity contribution in [2.45, 2.75) is 6.17 Å². The van der Waals surface area contributed by atoms with Gasteiger partial charge in [0.15, 0.2) is 0 Å². The van der Waals surface area contributed by atoms with Crippen LogP contribution in [0.5, 0.6) is 0 Å². The smallest absolute Gasteiger partial charge is 0.235 e. The Hall–Kier alpha value is -0.990. The van der Waals surface area contributed by atoms with E-state index in [9.17, 15) is 9.18 Å². The van der Waals surface area contributed by atoms with Gasteiger partial charge in [0.25, 0.3) is 0 Å². The summed E-state index contributed by atoms with van der Waals surface area (Å²) in [7, 11) is 0. The van der Waals surface area contributed by atoms with E-state index in [-0.39, 0.29) is 6.54 Å². The van der Waals surface area contributed by atoms with Gasteiger partial charge in [-0.1, -0.05) is 28.1 Å². The Balaban J connectivity index is 2.76. The van der Waals surface area contributed by atoms with Gasteiger partial charge in [-0.05, 0) is 17.7 Å². The lowest BCUT2D eigenvalue weighted by atomic mass is 10.1. The summed E-state index contributed by atoms with van der Waals surface area (Å²) in [6, 6.07) is 6.84. The molecular formula is C9H7BrFNO. The van der Waals surface area contributed by atoms with E-state index in [0.29, 0.717) is 5.56 Å². The van der Waals surface area contributed by atoms with Crippen LogP contribution in [0, 0.1) is 0 Å². The highest BCUT2D eigenvalue weighted by atomic mass is 79.9. The number of carbonyl (C=O) groups excluding carboxylic acids is 1. The normalized spacial score (nSPS) is 11.8. The molecule has 0 aliphatic carbocycles. The van der Waals surface area contributed by atoms with E-state index >= 15 is 0 Å². The van der Waals surface area contributed by atoms with Gasteiger partial charge < -0.3 is 0 Å². The molecule has 0 aliphatic heterocycles. The molecule has 0 N–H and O–H groups in total. The molecule has 0 bridgehead atoms. The highest BCUT2D eigenvalue weighted by Gasteiger charge is 2.08. The molecule has 13 heavy (non-hydrogen) atoms. The summed E-state index contributed by atoms with van der Waals surface area (Å²) in [5.41, 5.74) is 0.508. The molecule has 0 aromatic heterocycles. The molecule has 1 aromatic carbocycles. The SMILES string of the molecule is O=C=NCC(F)c1cccc(Br)c1. The Kier molecular flexibility index (Phi) is 3.80. The van der Waals surface area contributed by atoms with Crippen molar-refractivity contribution in [3.05, 3.63) is 34.3 Å². The maximum absolute atomic E-state index is 13.2. The van der Waals surface area contributed by atoms with E-state index in [4.69, 9.17) is 0 Å². The van der Waals surface area contributed by atoms with Crippen molar-refractivity contribution >= 4 is 22.0 Å². The standard InChI is InChI=1S/C9H7BrFNO/c10-8-3-1-2-7(4-8)9(11)5-12-6-13/h1-4,9H,5H2. The minimum atomic E-state index is -1.24. The molecule has 0 aliphatic rings. The van der Waals surface area contributed by atoms with E-state index in [1.165, 1.54) is 6.08 Å². The van der Waals surface area contributed by atoms with Gasteiger partial charge in [0.05, 0.1) is 6.54 Å². The van der Waals surface area contributed by atoms with Gasteiger partial charge in [-0.15, -0.1) is 0 Å². The first-order valence-corrected chi connectivity index (χ1v) is 4.46. The molecule has 0 amide bonds. The van der Waals surface area contributed by atoms with Crippen LogP contribution in [0.4, 0.5) is 4.39 Å². The number of aliphatic imine (C=N–C) groups is 1. The Morgan fingerprint density at radius 2 is 2.38 bits per heavy atom. The van der Waals surface area contributed by atoms with Crippen LogP contribution in [0.2, 0.25) is 0 Å². The highest BCUT2D eigenvalue weighted by molar-refractivity contribution is 9.10. The van der Waals surface area contributed by atoms with E-state index in [2.05, 4.69) is 20.9 Å². The van der Waals surface area contributed by atoms with Gasteiger partial charge in [0.1, 0.15) is 6.17 Å². The number of halogens is 2. The van der Waals surface area contributed by atoms with Crippen molar-refractivity contribution in [2.75, 3.05) is 6.54 Å². The summed E-state index contributed by atoms with van der Waals surface area (Å²) in [6.07, 6.45) is 0.0692. The van der Waals surface area contributed by atoms with Gasteiger partial charge in [0.2, 0.25) is 6.08 Å². The van der Waals surface area contributed by atoms with E-state index in [1.54, 1.807) is 24.3 Å². The third-order valence-electron chi connectivity index (χ3n) is 1.53. The second kappa shape index (κ2) is 4.90. The molecule has 2 nitrogen and oxygen atoms in total. The van der Waals surface area contributed by atoms with Gasteiger partial charge in [0, 0.05) is 4.47 Å². The predicted molar refractivity (Wildman–Crippen MR) is 51.0 cm³/mol. The van der Waals surface area contributed by atoms with Gasteiger partial charge in [-0.3, -0.25) is 0 Å². The average molecular weight is 244 g/mol. The monoisotopic (exact) mass is 243 g/mol. The number of rotatable bonds is 3. The van der Waals surface area contributed by atoms with Gasteiger partial charge in [-0.25, -0.2) is 14.2 Å². The zero-order valence-corrected chi connectivity index (χ0v) is 8.29. The molecule has 0 heterocycles. The summed E-state index contributed by atoms with van der Waals surface area (Å²) in [6.45, 7) is -0.167. The lowest BCUT2D eigenvalue weighted by Crippen LogP contribution is -1.95. The van der Waals surface area contributed by atoms with Crippen molar-refractivity contribution < 1.29 is 9.18 Å². The second-order valence-electron chi connectivity index (χ2n) is 2.45. The number of isocyanates is 1. The van der Waals surface area contributed by atoms with E-state index in [1.807, 2.05) is 0 Å². The molecular weight excluding hydrogens is 237 g/mol. The number of nitrogens with zero attached hydrogens (tertiary/aromatic N) is 1. The van der Waals surface area contributed by atoms with Crippen molar-refractivity contribution in [2.24, 2.45) is 4.99 Å². The average Bonchev–Trinajstić information content (AvgIpc) is 2.14. The molecule has 1 aromatic rings. The molecule has 0 radical (unpaired) electrons. The lowest BCUT2D eigenvalue weighted by molar-refractivity contribution is 0.353. The van der Waals surface area contributed by atoms with Crippen molar-refractivity contribution in [1.29, 1.82) is 0 Å². The molecule has 0 saturated carbocycles. The third-order valence-corrected chi connectivity index (χ3v) is 2.02. The van der Waals surface area contributed by atoms with Crippen LogP contribution >= 0.6 is 15.9 Å². The van der Waals surface area contributed by atoms with Crippen LogP contribution in [0.25, 0.3) is 0 Å². The maximum atomic E-state index is 13.2. The Morgan fingerprint density at radius 1 is 1.62 bits per heavy atom. The fourth-order valence-corrected chi connectivity index (χ4v) is 1.34. The van der Waals surface area contributed by atoms with Crippen molar-refractivity contribution in [3.63, 3.8) is 0 Å². The van der Waals surface area contributed by atoms with Crippen LogP contribution < -0.4 is 0 Å². The zero-order chi connectivity index (χ0) is 9.68.